The maximum Gasteiger partial charge on any atom is 0.241 e. The average molecular weight is 385 g/mol. The lowest BCUT2D eigenvalue weighted by molar-refractivity contribution is -0.133. The Balaban J connectivity index is 2.15. The normalized spacial score (nSPS) is 17.1. The molecule has 1 aromatic carbocycles. The Kier molecular flexibility index (Phi) is 7.78. The number of carbonyl (C=O) groups excluding carboxylic acids is 1. The van der Waals surface area contributed by atoms with Gasteiger partial charge in [-0.2, -0.15) is 16.5 Å². The van der Waals surface area contributed by atoms with Crippen molar-refractivity contribution < 1.29 is 13.2 Å². The molecule has 1 amide bonds. The molecule has 0 aliphatic carbocycles. The largest absolute Gasteiger partial charge is 0.341 e. The van der Waals surface area contributed by atoms with E-state index in [0.29, 0.717) is 6.42 Å². The van der Waals surface area contributed by atoms with E-state index in [9.17, 15) is 13.2 Å². The van der Waals surface area contributed by atoms with Crippen LogP contribution in [0.5, 0.6) is 0 Å². The van der Waals surface area contributed by atoms with Crippen LogP contribution < -0.4 is 4.72 Å². The van der Waals surface area contributed by atoms with Crippen LogP contribution in [0, 0.1) is 6.92 Å². The van der Waals surface area contributed by atoms with Crippen molar-refractivity contribution in [1.29, 1.82) is 0 Å². The minimum absolute atomic E-state index is 0.0911. The van der Waals surface area contributed by atoms with Crippen LogP contribution in [-0.2, 0) is 14.8 Å². The highest BCUT2D eigenvalue weighted by Gasteiger charge is 2.29. The molecule has 1 N–H and O–H groups in total. The first-order valence-corrected chi connectivity index (χ1v) is 11.7. The summed E-state index contributed by atoms with van der Waals surface area (Å²) in [7, 11) is -3.71. The second-order valence-corrected chi connectivity index (χ2v) is 9.21. The van der Waals surface area contributed by atoms with Gasteiger partial charge in [-0.25, -0.2) is 8.42 Å². The minimum atomic E-state index is -3.71. The summed E-state index contributed by atoms with van der Waals surface area (Å²) in [4.78, 5) is 14.9. The van der Waals surface area contributed by atoms with E-state index in [4.69, 9.17) is 0 Å². The number of amides is 1. The number of hydrogen-bond acceptors (Lipinski definition) is 4. The lowest BCUT2D eigenvalue weighted by atomic mass is 10.2. The fourth-order valence-corrected chi connectivity index (χ4v) is 4.65. The third-order valence-electron chi connectivity index (χ3n) is 4.46. The zero-order chi connectivity index (χ0) is 18.3. The maximum absolute atomic E-state index is 12.9. The van der Waals surface area contributed by atoms with Crippen molar-refractivity contribution in [3.05, 3.63) is 29.8 Å². The Morgan fingerprint density at radius 2 is 1.76 bits per heavy atom. The van der Waals surface area contributed by atoms with Crippen molar-refractivity contribution in [2.75, 3.05) is 25.1 Å². The van der Waals surface area contributed by atoms with Crippen molar-refractivity contribution in [3.8, 4) is 0 Å². The van der Waals surface area contributed by atoms with Crippen LogP contribution in [0.25, 0.3) is 0 Å². The molecule has 1 aliphatic heterocycles. The van der Waals surface area contributed by atoms with Gasteiger partial charge < -0.3 is 4.90 Å². The first kappa shape index (κ1) is 20.3. The molecule has 1 aromatic rings. The number of hydrogen-bond donors (Lipinski definition) is 1. The minimum Gasteiger partial charge on any atom is -0.341 e. The van der Waals surface area contributed by atoms with Crippen molar-refractivity contribution in [2.24, 2.45) is 0 Å². The molecule has 0 aromatic heterocycles. The molecule has 1 saturated heterocycles. The second kappa shape index (κ2) is 9.59. The highest BCUT2D eigenvalue weighted by Crippen LogP contribution is 2.16. The van der Waals surface area contributed by atoms with Gasteiger partial charge in [-0.3, -0.25) is 4.79 Å². The number of benzene rings is 1. The second-order valence-electron chi connectivity index (χ2n) is 6.51. The molecule has 0 unspecified atom stereocenters. The van der Waals surface area contributed by atoms with Crippen LogP contribution in [0.1, 0.15) is 37.7 Å². The fourth-order valence-electron chi connectivity index (χ4n) is 2.95. The summed E-state index contributed by atoms with van der Waals surface area (Å²) in [5.41, 5.74) is 0.999. The van der Waals surface area contributed by atoms with Gasteiger partial charge >= 0.3 is 0 Å². The van der Waals surface area contributed by atoms with Crippen molar-refractivity contribution in [2.45, 2.75) is 50.0 Å². The van der Waals surface area contributed by atoms with Gasteiger partial charge in [0.25, 0.3) is 0 Å². The van der Waals surface area contributed by atoms with Crippen LogP contribution in [0.15, 0.2) is 29.2 Å². The highest BCUT2D eigenvalue weighted by atomic mass is 32.2. The number of likely N-dealkylation sites (tertiary alicyclic amines) is 1. The van der Waals surface area contributed by atoms with Gasteiger partial charge in [-0.1, -0.05) is 30.5 Å². The Morgan fingerprint density at radius 1 is 1.16 bits per heavy atom. The number of rotatable bonds is 7. The third-order valence-corrected chi connectivity index (χ3v) is 6.59. The van der Waals surface area contributed by atoms with Gasteiger partial charge in [0.05, 0.1) is 4.90 Å². The van der Waals surface area contributed by atoms with Crippen LogP contribution in [0.3, 0.4) is 0 Å². The molecule has 1 heterocycles. The molecule has 0 radical (unpaired) electrons. The predicted octanol–water partition coefficient (Wildman–Crippen LogP) is 2.80. The maximum atomic E-state index is 12.9. The van der Waals surface area contributed by atoms with Crippen LogP contribution >= 0.6 is 11.8 Å². The number of aryl methyl sites for hydroxylation is 1. The van der Waals surface area contributed by atoms with Gasteiger partial charge in [0.1, 0.15) is 6.04 Å². The van der Waals surface area contributed by atoms with E-state index >= 15 is 0 Å². The molecule has 140 valence electrons. The molecule has 0 spiro atoms. The predicted molar refractivity (Wildman–Crippen MR) is 103 cm³/mol. The lowest BCUT2D eigenvalue weighted by Gasteiger charge is -2.26. The smallest absolute Gasteiger partial charge is 0.241 e. The molecule has 0 bridgehead atoms. The zero-order valence-electron chi connectivity index (χ0n) is 15.0. The van der Waals surface area contributed by atoms with E-state index in [0.717, 1.165) is 50.1 Å². The van der Waals surface area contributed by atoms with Gasteiger partial charge in [0.2, 0.25) is 15.9 Å². The molecular formula is C18H28N2O3S2. The Bertz CT molecular complexity index is 651. The quantitative estimate of drug-likeness (QED) is 0.785. The fraction of sp³-hybridized carbons (Fsp3) is 0.611. The number of carbonyl (C=O) groups is 1. The van der Waals surface area contributed by atoms with E-state index in [1.165, 1.54) is 0 Å². The summed E-state index contributed by atoms with van der Waals surface area (Å²) in [6, 6.07) is 6.00. The summed E-state index contributed by atoms with van der Waals surface area (Å²) in [6.07, 6.45) is 6.71. The summed E-state index contributed by atoms with van der Waals surface area (Å²) in [6.45, 7) is 3.36. The molecule has 1 aliphatic rings. The van der Waals surface area contributed by atoms with Gasteiger partial charge in [0, 0.05) is 13.1 Å². The topological polar surface area (TPSA) is 66.5 Å². The van der Waals surface area contributed by atoms with Crippen molar-refractivity contribution >= 4 is 27.7 Å². The molecule has 1 atom stereocenters. The van der Waals surface area contributed by atoms with E-state index in [1.54, 1.807) is 36.0 Å². The van der Waals surface area contributed by atoms with Gasteiger partial charge in [-0.15, -0.1) is 0 Å². The third kappa shape index (κ3) is 6.01. The SMILES string of the molecule is CSCC[C@H](NS(=O)(=O)c1ccc(C)cc1)C(=O)N1CCCCCC1. The van der Waals surface area contributed by atoms with Crippen LogP contribution in [-0.4, -0.2) is 50.4 Å². The number of nitrogens with one attached hydrogen (secondary N) is 1. The Labute approximate surface area is 155 Å². The average Bonchev–Trinajstić information content (AvgIpc) is 2.87. The number of sulfonamides is 1. The lowest BCUT2D eigenvalue weighted by Crippen LogP contribution is -2.49. The van der Waals surface area contributed by atoms with Crippen molar-refractivity contribution in [3.63, 3.8) is 0 Å². The molecule has 0 saturated carbocycles. The molecule has 7 heteroatoms. The summed E-state index contributed by atoms with van der Waals surface area (Å²) < 4.78 is 28.0. The van der Waals surface area contributed by atoms with E-state index in [1.807, 2.05) is 18.1 Å². The summed E-state index contributed by atoms with van der Waals surface area (Å²) >= 11 is 1.62. The number of nitrogens with zero attached hydrogens (tertiary/aromatic N) is 1. The molecule has 1 fully saturated rings. The van der Waals surface area contributed by atoms with Crippen LogP contribution in [0.4, 0.5) is 0 Å². The highest BCUT2D eigenvalue weighted by molar-refractivity contribution is 7.98. The Morgan fingerprint density at radius 3 is 2.32 bits per heavy atom. The summed E-state index contributed by atoms with van der Waals surface area (Å²) in [5, 5.41) is 0. The van der Waals surface area contributed by atoms with Crippen LogP contribution in [0.2, 0.25) is 0 Å². The standard InChI is InChI=1S/C18H28N2O3S2/c1-15-7-9-16(10-8-15)25(22,23)19-17(11-14-24-2)18(21)20-12-5-3-4-6-13-20/h7-10,17,19H,3-6,11-14H2,1-2H3/t17-/m0/s1. The monoisotopic (exact) mass is 384 g/mol. The molecular weight excluding hydrogens is 356 g/mol. The van der Waals surface area contributed by atoms with E-state index in [-0.39, 0.29) is 10.8 Å². The summed E-state index contributed by atoms with van der Waals surface area (Å²) in [5.74, 6) is 0.646. The molecule has 2 rings (SSSR count). The number of thioether (sulfide) groups is 1. The van der Waals surface area contributed by atoms with Gasteiger partial charge in [-0.05, 0) is 50.3 Å². The van der Waals surface area contributed by atoms with E-state index in [2.05, 4.69) is 4.72 Å². The van der Waals surface area contributed by atoms with E-state index < -0.39 is 16.1 Å². The molecule has 25 heavy (non-hydrogen) atoms. The Hall–Kier alpha value is -1.05. The molecule has 5 nitrogen and oxygen atoms in total. The zero-order valence-corrected chi connectivity index (χ0v) is 16.7. The van der Waals surface area contributed by atoms with Gasteiger partial charge in [0.15, 0.2) is 0 Å². The first-order chi connectivity index (χ1) is 11.9. The van der Waals surface area contributed by atoms with Crippen molar-refractivity contribution in [1.82, 2.24) is 9.62 Å². The first-order valence-electron chi connectivity index (χ1n) is 8.81.